The predicted molar refractivity (Wildman–Crippen MR) is 92.4 cm³/mol. The van der Waals surface area contributed by atoms with Gasteiger partial charge in [-0.05, 0) is 26.6 Å². The number of hydrogen-bond acceptors (Lipinski definition) is 4. The number of rotatable bonds is 6. The number of benzene rings is 1. The molecule has 1 aromatic rings. The second-order valence-electron chi connectivity index (χ2n) is 6.83. The standard InChI is InChI=1S/C18H27N3O3/c1-12-5-7-13(8-6-12)17-15(9-16(23)21(17)4)18(24)19-10-14(22)11-20(2)3/h5-8,14-15,17,22H,9-11H2,1-4H3,(H,19,24)/t14-,15-,17+/m0/s1. The summed E-state index contributed by atoms with van der Waals surface area (Å²) < 4.78 is 0. The Morgan fingerprint density at radius 2 is 2.00 bits per heavy atom. The van der Waals surface area contributed by atoms with Crippen molar-refractivity contribution in [2.75, 3.05) is 34.2 Å². The van der Waals surface area contributed by atoms with Gasteiger partial charge < -0.3 is 20.2 Å². The molecule has 0 aliphatic carbocycles. The number of aryl methyl sites for hydroxylation is 1. The van der Waals surface area contributed by atoms with E-state index in [9.17, 15) is 14.7 Å². The van der Waals surface area contributed by atoms with Crippen LogP contribution in [0.25, 0.3) is 0 Å². The SMILES string of the molecule is Cc1ccc([C@@H]2[C@@H](C(=O)NC[C@H](O)CN(C)C)CC(=O)N2C)cc1. The number of nitrogens with one attached hydrogen (secondary N) is 1. The highest BCUT2D eigenvalue weighted by molar-refractivity contribution is 5.90. The van der Waals surface area contributed by atoms with Gasteiger partial charge in [0.25, 0.3) is 0 Å². The van der Waals surface area contributed by atoms with Crippen molar-refractivity contribution in [2.45, 2.75) is 25.5 Å². The molecule has 1 aromatic carbocycles. The summed E-state index contributed by atoms with van der Waals surface area (Å²) in [7, 11) is 5.47. The zero-order valence-electron chi connectivity index (χ0n) is 14.8. The fraction of sp³-hybridized carbons (Fsp3) is 0.556. The minimum absolute atomic E-state index is 0.0328. The summed E-state index contributed by atoms with van der Waals surface area (Å²) >= 11 is 0. The van der Waals surface area contributed by atoms with Crippen LogP contribution in [0.1, 0.15) is 23.6 Å². The summed E-state index contributed by atoms with van der Waals surface area (Å²) in [4.78, 5) is 28.2. The van der Waals surface area contributed by atoms with Crippen molar-refractivity contribution < 1.29 is 14.7 Å². The predicted octanol–water partition coefficient (Wildman–Crippen LogP) is 0.553. The van der Waals surface area contributed by atoms with Gasteiger partial charge in [0.2, 0.25) is 11.8 Å². The summed E-state index contributed by atoms with van der Waals surface area (Å²) in [5.74, 6) is -0.651. The van der Waals surface area contributed by atoms with Gasteiger partial charge in [0.15, 0.2) is 0 Å². The van der Waals surface area contributed by atoms with Crippen LogP contribution < -0.4 is 5.32 Å². The number of nitrogens with zero attached hydrogens (tertiary/aromatic N) is 2. The van der Waals surface area contributed by atoms with Gasteiger partial charge in [-0.15, -0.1) is 0 Å². The Bertz CT molecular complexity index is 586. The molecule has 1 saturated heterocycles. The molecule has 6 nitrogen and oxygen atoms in total. The smallest absolute Gasteiger partial charge is 0.226 e. The molecule has 1 heterocycles. The first-order valence-corrected chi connectivity index (χ1v) is 8.22. The summed E-state index contributed by atoms with van der Waals surface area (Å²) in [6, 6.07) is 7.65. The molecule has 132 valence electrons. The summed E-state index contributed by atoms with van der Waals surface area (Å²) in [6.07, 6.45) is -0.429. The molecule has 3 atom stereocenters. The topological polar surface area (TPSA) is 72.9 Å². The lowest BCUT2D eigenvalue weighted by molar-refractivity contribution is -0.128. The molecule has 6 heteroatoms. The molecule has 1 aliphatic heterocycles. The molecule has 1 aliphatic rings. The van der Waals surface area contributed by atoms with Crippen LogP contribution in [0.15, 0.2) is 24.3 Å². The third-order valence-electron chi connectivity index (χ3n) is 4.43. The van der Waals surface area contributed by atoms with E-state index in [4.69, 9.17) is 0 Å². The van der Waals surface area contributed by atoms with Crippen LogP contribution in [-0.2, 0) is 9.59 Å². The molecule has 0 spiro atoms. The van der Waals surface area contributed by atoms with E-state index in [1.165, 1.54) is 0 Å². The third-order valence-corrected chi connectivity index (χ3v) is 4.43. The number of likely N-dealkylation sites (tertiary alicyclic amines) is 1. The largest absolute Gasteiger partial charge is 0.390 e. The quantitative estimate of drug-likeness (QED) is 0.798. The number of hydrogen-bond donors (Lipinski definition) is 2. The van der Waals surface area contributed by atoms with E-state index < -0.39 is 12.0 Å². The van der Waals surface area contributed by atoms with Crippen LogP contribution in [0.4, 0.5) is 0 Å². The summed E-state index contributed by atoms with van der Waals surface area (Å²) in [5.41, 5.74) is 2.10. The maximum Gasteiger partial charge on any atom is 0.226 e. The van der Waals surface area contributed by atoms with Crippen molar-refractivity contribution in [1.82, 2.24) is 15.1 Å². The summed E-state index contributed by atoms with van der Waals surface area (Å²) in [5, 5.41) is 12.7. The van der Waals surface area contributed by atoms with Crippen LogP contribution in [0, 0.1) is 12.8 Å². The van der Waals surface area contributed by atoms with Gasteiger partial charge in [0.05, 0.1) is 18.1 Å². The highest BCUT2D eigenvalue weighted by atomic mass is 16.3. The fourth-order valence-electron chi connectivity index (χ4n) is 3.16. The van der Waals surface area contributed by atoms with Crippen molar-refractivity contribution in [2.24, 2.45) is 5.92 Å². The van der Waals surface area contributed by atoms with Crippen LogP contribution in [0.2, 0.25) is 0 Å². The van der Waals surface area contributed by atoms with Gasteiger partial charge in [0, 0.05) is 26.6 Å². The van der Waals surface area contributed by atoms with E-state index >= 15 is 0 Å². The number of amides is 2. The maximum absolute atomic E-state index is 12.6. The van der Waals surface area contributed by atoms with Gasteiger partial charge in [-0.2, -0.15) is 0 Å². The molecule has 0 saturated carbocycles. The van der Waals surface area contributed by atoms with E-state index in [2.05, 4.69) is 5.32 Å². The minimum Gasteiger partial charge on any atom is -0.390 e. The first kappa shape index (κ1) is 18.4. The maximum atomic E-state index is 12.6. The molecule has 2 N–H and O–H groups in total. The van der Waals surface area contributed by atoms with Crippen LogP contribution in [-0.4, -0.2) is 67.1 Å². The molecule has 1 fully saturated rings. The lowest BCUT2D eigenvalue weighted by Crippen LogP contribution is -2.41. The lowest BCUT2D eigenvalue weighted by Gasteiger charge is -2.25. The van der Waals surface area contributed by atoms with Crippen molar-refractivity contribution in [3.05, 3.63) is 35.4 Å². The average molecular weight is 333 g/mol. The average Bonchev–Trinajstić information content (AvgIpc) is 2.81. The van der Waals surface area contributed by atoms with Gasteiger partial charge in [-0.3, -0.25) is 9.59 Å². The molecule has 0 aromatic heterocycles. The second-order valence-corrected chi connectivity index (χ2v) is 6.83. The Labute approximate surface area is 143 Å². The Morgan fingerprint density at radius 1 is 1.38 bits per heavy atom. The number of likely N-dealkylation sites (N-methyl/N-ethyl adjacent to an activating group) is 1. The second kappa shape index (κ2) is 7.77. The van der Waals surface area contributed by atoms with Crippen molar-refractivity contribution in [1.29, 1.82) is 0 Å². The highest BCUT2D eigenvalue weighted by Crippen LogP contribution is 2.37. The molecular weight excluding hydrogens is 306 g/mol. The van der Waals surface area contributed by atoms with Crippen molar-refractivity contribution in [3.63, 3.8) is 0 Å². The number of carbonyl (C=O) groups excluding carboxylic acids is 2. The van der Waals surface area contributed by atoms with Gasteiger partial charge >= 0.3 is 0 Å². The number of aliphatic hydroxyl groups is 1. The van der Waals surface area contributed by atoms with E-state index in [1.54, 1.807) is 11.9 Å². The molecule has 2 rings (SSSR count). The Morgan fingerprint density at radius 3 is 2.58 bits per heavy atom. The molecular formula is C18H27N3O3. The van der Waals surface area contributed by atoms with E-state index in [0.717, 1.165) is 11.1 Å². The zero-order valence-corrected chi connectivity index (χ0v) is 14.8. The minimum atomic E-state index is -0.628. The first-order valence-electron chi connectivity index (χ1n) is 8.22. The van der Waals surface area contributed by atoms with Gasteiger partial charge in [-0.25, -0.2) is 0 Å². The van der Waals surface area contributed by atoms with Crippen molar-refractivity contribution >= 4 is 11.8 Å². The van der Waals surface area contributed by atoms with E-state index in [0.29, 0.717) is 6.54 Å². The lowest BCUT2D eigenvalue weighted by atomic mass is 9.92. The Kier molecular flexibility index (Phi) is 5.96. The van der Waals surface area contributed by atoms with Gasteiger partial charge in [0.1, 0.15) is 0 Å². The molecule has 0 unspecified atom stereocenters. The number of carbonyl (C=O) groups is 2. The van der Waals surface area contributed by atoms with Crippen LogP contribution in [0.3, 0.4) is 0 Å². The first-order chi connectivity index (χ1) is 11.3. The third kappa shape index (κ3) is 4.33. The number of aliphatic hydroxyl groups excluding tert-OH is 1. The van der Waals surface area contributed by atoms with Crippen LogP contribution in [0.5, 0.6) is 0 Å². The van der Waals surface area contributed by atoms with Gasteiger partial charge in [-0.1, -0.05) is 29.8 Å². The fourth-order valence-corrected chi connectivity index (χ4v) is 3.16. The molecule has 0 bridgehead atoms. The van der Waals surface area contributed by atoms with Crippen molar-refractivity contribution in [3.8, 4) is 0 Å². The Hall–Kier alpha value is -1.92. The van der Waals surface area contributed by atoms with Crippen LogP contribution >= 0.6 is 0 Å². The van der Waals surface area contributed by atoms with E-state index in [1.807, 2.05) is 50.2 Å². The van der Waals surface area contributed by atoms with E-state index in [-0.39, 0.29) is 30.8 Å². The normalized spacial score (nSPS) is 22.1. The summed E-state index contributed by atoms with van der Waals surface area (Å²) in [6.45, 7) is 2.67. The Balaban J connectivity index is 2.07. The highest BCUT2D eigenvalue weighted by Gasteiger charge is 2.42. The molecule has 2 amide bonds. The zero-order chi connectivity index (χ0) is 17.9. The molecule has 24 heavy (non-hydrogen) atoms. The monoisotopic (exact) mass is 333 g/mol. The molecule has 0 radical (unpaired) electrons.